The summed E-state index contributed by atoms with van der Waals surface area (Å²) in [5.41, 5.74) is 1.87. The molecule has 0 aromatic heterocycles. The van der Waals surface area contributed by atoms with E-state index in [9.17, 15) is 4.39 Å². The molecule has 0 spiro atoms. The molecule has 2 rings (SSSR count). The van der Waals surface area contributed by atoms with Crippen LogP contribution in [0.25, 0.3) is 0 Å². The van der Waals surface area contributed by atoms with Crippen molar-refractivity contribution in [1.29, 1.82) is 0 Å². The molecule has 2 aromatic rings. The van der Waals surface area contributed by atoms with E-state index < -0.39 is 0 Å². The summed E-state index contributed by atoms with van der Waals surface area (Å²) in [4.78, 5) is 1.21. The number of benzene rings is 2. The average molecular weight is 324 g/mol. The number of rotatable bonds is 6. The van der Waals surface area contributed by atoms with Crippen molar-refractivity contribution < 1.29 is 4.39 Å². The summed E-state index contributed by atoms with van der Waals surface area (Å²) >= 11 is 7.97. The van der Waals surface area contributed by atoms with Gasteiger partial charge in [-0.15, -0.1) is 11.8 Å². The Kier molecular flexibility index (Phi) is 6.09. The van der Waals surface area contributed by atoms with E-state index in [4.69, 9.17) is 11.6 Å². The van der Waals surface area contributed by atoms with E-state index in [1.807, 2.05) is 6.26 Å². The normalized spacial score (nSPS) is 12.4. The van der Waals surface area contributed by atoms with E-state index in [2.05, 4.69) is 36.5 Å². The van der Waals surface area contributed by atoms with Crippen molar-refractivity contribution in [2.45, 2.75) is 24.3 Å². The third kappa shape index (κ3) is 4.22. The minimum absolute atomic E-state index is 0.0935. The van der Waals surface area contributed by atoms with Crippen molar-refractivity contribution in [3.8, 4) is 0 Å². The van der Waals surface area contributed by atoms with Gasteiger partial charge in [-0.2, -0.15) is 0 Å². The van der Waals surface area contributed by atoms with Gasteiger partial charge in [0.1, 0.15) is 5.82 Å². The third-order valence-corrected chi connectivity index (χ3v) is 4.40. The van der Waals surface area contributed by atoms with Crippen molar-refractivity contribution in [1.82, 2.24) is 5.32 Å². The van der Waals surface area contributed by atoms with Crippen molar-refractivity contribution in [3.05, 3.63) is 64.4 Å². The highest BCUT2D eigenvalue weighted by atomic mass is 35.5. The van der Waals surface area contributed by atoms with E-state index in [0.29, 0.717) is 5.02 Å². The summed E-state index contributed by atoms with van der Waals surface area (Å²) in [6.45, 7) is 2.95. The zero-order chi connectivity index (χ0) is 15.2. The first-order chi connectivity index (χ1) is 10.2. The van der Waals surface area contributed by atoms with Crippen LogP contribution in [-0.2, 0) is 0 Å². The van der Waals surface area contributed by atoms with Crippen molar-refractivity contribution in [3.63, 3.8) is 0 Å². The Balaban J connectivity index is 2.38. The van der Waals surface area contributed by atoms with Crippen LogP contribution in [0.4, 0.5) is 4.39 Å². The average Bonchev–Trinajstić information content (AvgIpc) is 2.51. The number of nitrogens with one attached hydrogen (secondary N) is 1. The van der Waals surface area contributed by atoms with Gasteiger partial charge in [-0.3, -0.25) is 0 Å². The minimum Gasteiger partial charge on any atom is -0.306 e. The molecule has 1 unspecified atom stereocenters. The van der Waals surface area contributed by atoms with Crippen LogP contribution in [0.5, 0.6) is 0 Å². The SMILES string of the molecule is CCCNC(c1ccc(SC)cc1)c1cc(F)ccc1Cl. The minimum atomic E-state index is -0.265. The summed E-state index contributed by atoms with van der Waals surface area (Å²) in [6.07, 6.45) is 3.05. The lowest BCUT2D eigenvalue weighted by molar-refractivity contribution is 0.585. The fraction of sp³-hybridized carbons (Fsp3) is 0.294. The predicted octanol–water partition coefficient (Wildman–Crippen LogP) is 5.29. The zero-order valence-electron chi connectivity index (χ0n) is 12.2. The molecule has 0 saturated heterocycles. The highest BCUT2D eigenvalue weighted by Gasteiger charge is 2.17. The molecule has 1 nitrogen and oxygen atoms in total. The predicted molar refractivity (Wildman–Crippen MR) is 89.8 cm³/mol. The number of hydrogen-bond donors (Lipinski definition) is 1. The highest BCUT2D eigenvalue weighted by molar-refractivity contribution is 7.98. The van der Waals surface area contributed by atoms with Crippen LogP contribution in [0.2, 0.25) is 5.02 Å². The molecule has 0 saturated carbocycles. The molecule has 1 N–H and O–H groups in total. The van der Waals surface area contributed by atoms with Crippen LogP contribution in [0.1, 0.15) is 30.5 Å². The fourth-order valence-electron chi connectivity index (χ4n) is 2.23. The summed E-state index contributed by atoms with van der Waals surface area (Å²) < 4.78 is 13.6. The molecule has 0 aliphatic carbocycles. The van der Waals surface area contributed by atoms with Gasteiger partial charge in [-0.25, -0.2) is 4.39 Å². The number of halogens is 2. The Labute approximate surface area is 134 Å². The van der Waals surface area contributed by atoms with Crippen LogP contribution < -0.4 is 5.32 Å². The maximum atomic E-state index is 13.6. The zero-order valence-corrected chi connectivity index (χ0v) is 13.8. The lowest BCUT2D eigenvalue weighted by Gasteiger charge is -2.21. The maximum Gasteiger partial charge on any atom is 0.123 e. The topological polar surface area (TPSA) is 12.0 Å². The van der Waals surface area contributed by atoms with Gasteiger partial charge in [0.25, 0.3) is 0 Å². The Hall–Kier alpha value is -1.03. The molecule has 4 heteroatoms. The van der Waals surface area contributed by atoms with Crippen molar-refractivity contribution in [2.75, 3.05) is 12.8 Å². The van der Waals surface area contributed by atoms with E-state index >= 15 is 0 Å². The lowest BCUT2D eigenvalue weighted by atomic mass is 9.98. The molecule has 0 aliphatic heterocycles. The molecular weight excluding hydrogens is 305 g/mol. The second-order valence-electron chi connectivity index (χ2n) is 4.83. The Morgan fingerprint density at radius 1 is 1.19 bits per heavy atom. The quantitative estimate of drug-likeness (QED) is 0.725. The molecule has 0 heterocycles. The lowest BCUT2D eigenvalue weighted by Crippen LogP contribution is -2.23. The van der Waals surface area contributed by atoms with Gasteiger partial charge < -0.3 is 5.32 Å². The van der Waals surface area contributed by atoms with Crippen LogP contribution in [-0.4, -0.2) is 12.8 Å². The fourth-order valence-corrected chi connectivity index (χ4v) is 2.86. The summed E-state index contributed by atoms with van der Waals surface area (Å²) in [6, 6.07) is 12.7. The maximum absolute atomic E-state index is 13.6. The van der Waals surface area contributed by atoms with Gasteiger partial charge in [0, 0.05) is 9.92 Å². The van der Waals surface area contributed by atoms with Gasteiger partial charge in [0.05, 0.1) is 6.04 Å². The number of hydrogen-bond acceptors (Lipinski definition) is 2. The van der Waals surface area contributed by atoms with Gasteiger partial charge in [0.15, 0.2) is 0 Å². The van der Waals surface area contributed by atoms with Gasteiger partial charge >= 0.3 is 0 Å². The van der Waals surface area contributed by atoms with E-state index in [1.165, 1.54) is 17.0 Å². The van der Waals surface area contributed by atoms with Gasteiger partial charge in [0.2, 0.25) is 0 Å². The van der Waals surface area contributed by atoms with E-state index in [1.54, 1.807) is 17.8 Å². The second kappa shape index (κ2) is 7.83. The largest absolute Gasteiger partial charge is 0.306 e. The third-order valence-electron chi connectivity index (χ3n) is 3.32. The molecule has 112 valence electrons. The summed E-state index contributed by atoms with van der Waals surface area (Å²) in [5, 5.41) is 4.03. The Morgan fingerprint density at radius 3 is 2.52 bits per heavy atom. The number of thioether (sulfide) groups is 1. The molecule has 2 aromatic carbocycles. The molecule has 1 atom stereocenters. The van der Waals surface area contributed by atoms with Crippen LogP contribution >= 0.6 is 23.4 Å². The molecular formula is C17H19ClFNS. The van der Waals surface area contributed by atoms with Crippen LogP contribution in [0, 0.1) is 5.82 Å². The van der Waals surface area contributed by atoms with E-state index in [0.717, 1.165) is 24.1 Å². The molecule has 0 radical (unpaired) electrons. The molecule has 0 fully saturated rings. The molecule has 0 aliphatic rings. The monoisotopic (exact) mass is 323 g/mol. The Morgan fingerprint density at radius 2 is 1.90 bits per heavy atom. The molecule has 0 amide bonds. The van der Waals surface area contributed by atoms with Gasteiger partial charge in [-0.05, 0) is 60.7 Å². The molecule has 0 bridgehead atoms. The first-order valence-corrected chi connectivity index (χ1v) is 8.58. The van der Waals surface area contributed by atoms with Crippen LogP contribution in [0.15, 0.2) is 47.4 Å². The highest BCUT2D eigenvalue weighted by Crippen LogP contribution is 2.30. The van der Waals surface area contributed by atoms with E-state index in [-0.39, 0.29) is 11.9 Å². The summed E-state index contributed by atoms with van der Waals surface area (Å²) in [5.74, 6) is -0.265. The van der Waals surface area contributed by atoms with Crippen LogP contribution in [0.3, 0.4) is 0 Å². The Bertz CT molecular complexity index is 586. The van der Waals surface area contributed by atoms with Crippen molar-refractivity contribution >= 4 is 23.4 Å². The smallest absolute Gasteiger partial charge is 0.123 e. The van der Waals surface area contributed by atoms with Gasteiger partial charge in [-0.1, -0.05) is 30.7 Å². The first-order valence-electron chi connectivity index (χ1n) is 6.98. The second-order valence-corrected chi connectivity index (χ2v) is 6.11. The standard InChI is InChI=1S/C17H19ClFNS/c1-3-10-20-17(12-4-7-14(21-2)8-5-12)15-11-13(19)6-9-16(15)18/h4-9,11,17,20H,3,10H2,1-2H3. The first kappa shape index (κ1) is 16.3. The molecule has 21 heavy (non-hydrogen) atoms. The summed E-state index contributed by atoms with van der Waals surface area (Å²) in [7, 11) is 0. The van der Waals surface area contributed by atoms with Crippen molar-refractivity contribution in [2.24, 2.45) is 0 Å².